The second kappa shape index (κ2) is 7.02. The first kappa shape index (κ1) is 15.2. The van der Waals surface area contributed by atoms with Gasteiger partial charge >= 0.3 is 6.61 Å². The monoisotopic (exact) mass is 294 g/mol. The largest absolute Gasteiger partial charge is 0.435 e. The van der Waals surface area contributed by atoms with Crippen LogP contribution in [0.2, 0.25) is 0 Å². The zero-order valence-electron chi connectivity index (χ0n) is 11.5. The summed E-state index contributed by atoms with van der Waals surface area (Å²) in [5, 5.41) is 8.89. The van der Waals surface area contributed by atoms with Crippen LogP contribution in [0.15, 0.2) is 24.3 Å². The Balaban J connectivity index is 2.11. The predicted octanol–water partition coefficient (Wildman–Crippen LogP) is 3.20. The highest BCUT2D eigenvalue weighted by atomic mass is 19.3. The van der Waals surface area contributed by atoms with Crippen molar-refractivity contribution in [2.24, 2.45) is 0 Å². The lowest BCUT2D eigenvalue weighted by atomic mass is 10.1. The summed E-state index contributed by atoms with van der Waals surface area (Å²) in [4.78, 5) is 14.0. The van der Waals surface area contributed by atoms with E-state index in [4.69, 9.17) is 5.26 Å². The molecule has 0 bridgehead atoms. The van der Waals surface area contributed by atoms with Crippen LogP contribution >= 0.6 is 0 Å². The minimum Gasteiger partial charge on any atom is -0.435 e. The summed E-state index contributed by atoms with van der Waals surface area (Å²) >= 11 is 0. The van der Waals surface area contributed by atoms with E-state index in [2.05, 4.69) is 4.74 Å². The van der Waals surface area contributed by atoms with Crippen LogP contribution in [0.1, 0.15) is 36.0 Å². The first-order valence-corrected chi connectivity index (χ1v) is 6.84. The SMILES string of the molecule is N#CCN(C(=O)c1ccc(OC(F)F)cc1)C1CCCC1. The molecule has 1 amide bonds. The molecule has 1 aromatic carbocycles. The third-order valence-electron chi connectivity index (χ3n) is 3.59. The lowest BCUT2D eigenvalue weighted by molar-refractivity contribution is -0.0498. The quantitative estimate of drug-likeness (QED) is 0.784. The Morgan fingerprint density at radius 3 is 2.48 bits per heavy atom. The standard InChI is InChI=1S/C15H16F2N2O2/c16-15(17)21-13-7-5-11(6-8-13)14(20)19(10-9-18)12-3-1-2-4-12/h5-8,12,15H,1-4,10H2. The van der Waals surface area contributed by atoms with E-state index in [9.17, 15) is 13.6 Å². The van der Waals surface area contributed by atoms with Crippen LogP contribution in [-0.4, -0.2) is 30.0 Å². The fourth-order valence-electron chi connectivity index (χ4n) is 2.60. The van der Waals surface area contributed by atoms with Gasteiger partial charge < -0.3 is 9.64 Å². The molecule has 21 heavy (non-hydrogen) atoms. The van der Waals surface area contributed by atoms with Crippen LogP contribution in [0, 0.1) is 11.3 Å². The van der Waals surface area contributed by atoms with Gasteiger partial charge in [0, 0.05) is 11.6 Å². The van der Waals surface area contributed by atoms with E-state index in [0.29, 0.717) is 5.56 Å². The summed E-state index contributed by atoms with van der Waals surface area (Å²) in [5.74, 6) is -0.235. The molecule has 1 aromatic rings. The molecule has 0 N–H and O–H groups in total. The molecular formula is C15H16F2N2O2. The van der Waals surface area contributed by atoms with E-state index in [0.717, 1.165) is 25.7 Å². The Morgan fingerprint density at radius 2 is 1.95 bits per heavy atom. The molecule has 1 fully saturated rings. The molecule has 4 nitrogen and oxygen atoms in total. The van der Waals surface area contributed by atoms with E-state index in [1.807, 2.05) is 6.07 Å². The van der Waals surface area contributed by atoms with E-state index in [1.54, 1.807) is 4.90 Å². The molecular weight excluding hydrogens is 278 g/mol. The summed E-state index contributed by atoms with van der Waals surface area (Å²) < 4.78 is 28.4. The molecule has 6 heteroatoms. The van der Waals surface area contributed by atoms with Gasteiger partial charge in [-0.1, -0.05) is 12.8 Å². The number of carbonyl (C=O) groups is 1. The number of alkyl halides is 2. The van der Waals surface area contributed by atoms with Gasteiger partial charge in [0.2, 0.25) is 0 Å². The van der Waals surface area contributed by atoms with Gasteiger partial charge in [-0.3, -0.25) is 4.79 Å². The number of hydrogen-bond acceptors (Lipinski definition) is 3. The maximum Gasteiger partial charge on any atom is 0.387 e. The smallest absolute Gasteiger partial charge is 0.387 e. The molecule has 1 aliphatic carbocycles. The van der Waals surface area contributed by atoms with Gasteiger partial charge in [-0.2, -0.15) is 14.0 Å². The van der Waals surface area contributed by atoms with Crippen molar-refractivity contribution in [3.8, 4) is 11.8 Å². The predicted molar refractivity (Wildman–Crippen MR) is 72.0 cm³/mol. The second-order valence-corrected chi connectivity index (χ2v) is 4.93. The van der Waals surface area contributed by atoms with Crippen LogP contribution in [0.25, 0.3) is 0 Å². The number of ether oxygens (including phenoxy) is 1. The minimum atomic E-state index is -2.89. The van der Waals surface area contributed by atoms with Crippen molar-refractivity contribution in [1.82, 2.24) is 4.90 Å². The average Bonchev–Trinajstić information content (AvgIpc) is 2.98. The molecule has 0 saturated heterocycles. The van der Waals surface area contributed by atoms with Gasteiger partial charge in [0.05, 0.1) is 6.07 Å². The molecule has 0 aromatic heterocycles. The summed E-state index contributed by atoms with van der Waals surface area (Å²) in [6.45, 7) is -2.85. The van der Waals surface area contributed by atoms with Gasteiger partial charge in [-0.05, 0) is 37.1 Å². The zero-order chi connectivity index (χ0) is 15.2. The number of halogens is 2. The number of nitriles is 1. The van der Waals surface area contributed by atoms with Crippen molar-refractivity contribution in [2.45, 2.75) is 38.3 Å². The second-order valence-electron chi connectivity index (χ2n) is 4.93. The molecule has 0 radical (unpaired) electrons. The van der Waals surface area contributed by atoms with Gasteiger partial charge in [0.15, 0.2) is 0 Å². The molecule has 2 rings (SSSR count). The van der Waals surface area contributed by atoms with E-state index in [1.165, 1.54) is 24.3 Å². The van der Waals surface area contributed by atoms with Crippen LogP contribution in [0.5, 0.6) is 5.75 Å². The van der Waals surface area contributed by atoms with Crippen molar-refractivity contribution in [3.63, 3.8) is 0 Å². The first-order chi connectivity index (χ1) is 10.1. The van der Waals surface area contributed by atoms with Gasteiger partial charge in [0.25, 0.3) is 5.91 Å². The highest BCUT2D eigenvalue weighted by Gasteiger charge is 2.27. The highest BCUT2D eigenvalue weighted by molar-refractivity contribution is 5.94. The van der Waals surface area contributed by atoms with Crippen LogP contribution in [0.3, 0.4) is 0 Å². The Kier molecular flexibility index (Phi) is 5.09. The number of rotatable bonds is 5. The highest BCUT2D eigenvalue weighted by Crippen LogP contribution is 2.25. The topological polar surface area (TPSA) is 53.3 Å². The Hall–Kier alpha value is -2.16. The number of nitrogens with zero attached hydrogens (tertiary/aromatic N) is 2. The summed E-state index contributed by atoms with van der Waals surface area (Å²) in [6.07, 6.45) is 3.92. The van der Waals surface area contributed by atoms with Gasteiger partial charge in [0.1, 0.15) is 12.3 Å². The maximum absolute atomic E-state index is 12.4. The van der Waals surface area contributed by atoms with Gasteiger partial charge in [-0.15, -0.1) is 0 Å². The lowest BCUT2D eigenvalue weighted by Gasteiger charge is -2.26. The van der Waals surface area contributed by atoms with E-state index >= 15 is 0 Å². The summed E-state index contributed by atoms with van der Waals surface area (Å²) in [5.41, 5.74) is 0.374. The Labute approximate surface area is 121 Å². The summed E-state index contributed by atoms with van der Waals surface area (Å²) in [6, 6.07) is 7.66. The van der Waals surface area contributed by atoms with Crippen molar-refractivity contribution >= 4 is 5.91 Å². The number of hydrogen-bond donors (Lipinski definition) is 0. The molecule has 0 unspecified atom stereocenters. The van der Waals surface area contributed by atoms with Crippen LogP contribution < -0.4 is 4.74 Å². The minimum absolute atomic E-state index is 0.00856. The van der Waals surface area contributed by atoms with E-state index < -0.39 is 6.61 Å². The lowest BCUT2D eigenvalue weighted by Crippen LogP contribution is -2.39. The molecule has 0 heterocycles. The first-order valence-electron chi connectivity index (χ1n) is 6.84. The Bertz CT molecular complexity index is 519. The van der Waals surface area contributed by atoms with Gasteiger partial charge in [-0.25, -0.2) is 0 Å². The maximum atomic E-state index is 12.4. The van der Waals surface area contributed by atoms with Crippen LogP contribution in [0.4, 0.5) is 8.78 Å². The molecule has 112 valence electrons. The van der Waals surface area contributed by atoms with Crippen molar-refractivity contribution in [2.75, 3.05) is 6.54 Å². The third kappa shape index (κ3) is 3.91. The molecule has 0 aliphatic heterocycles. The van der Waals surface area contributed by atoms with E-state index in [-0.39, 0.29) is 24.2 Å². The number of amides is 1. The number of benzene rings is 1. The van der Waals surface area contributed by atoms with Crippen LogP contribution in [-0.2, 0) is 0 Å². The molecule has 1 saturated carbocycles. The average molecular weight is 294 g/mol. The normalized spacial score (nSPS) is 15.0. The molecule has 1 aliphatic rings. The fourth-order valence-corrected chi connectivity index (χ4v) is 2.60. The molecule has 0 spiro atoms. The van der Waals surface area contributed by atoms with Crippen molar-refractivity contribution in [1.29, 1.82) is 5.26 Å². The van der Waals surface area contributed by atoms with Crippen molar-refractivity contribution in [3.05, 3.63) is 29.8 Å². The fraction of sp³-hybridized carbons (Fsp3) is 0.467. The zero-order valence-corrected chi connectivity index (χ0v) is 11.5. The third-order valence-corrected chi connectivity index (χ3v) is 3.59. The number of carbonyl (C=O) groups excluding carboxylic acids is 1. The summed E-state index contributed by atoms with van der Waals surface area (Å²) in [7, 11) is 0. The van der Waals surface area contributed by atoms with Crippen molar-refractivity contribution < 1.29 is 18.3 Å². The Morgan fingerprint density at radius 1 is 1.33 bits per heavy atom. The molecule has 0 atom stereocenters.